The Morgan fingerprint density at radius 3 is 2.71 bits per heavy atom. The molecule has 0 amide bonds. The standard InChI is InChI=1S/C5H10BN/c6-5-2-1-3-7-4-5/h5,7H,1-4H2/t5-/m0/s1. The maximum absolute atomic E-state index is 5.57. The maximum atomic E-state index is 5.57. The largest absolute Gasteiger partial charge is 0.317 e. The zero-order valence-corrected chi connectivity index (χ0v) is 4.48. The summed E-state index contributed by atoms with van der Waals surface area (Å²) in [5.41, 5.74) is 0. The first-order valence-electron chi connectivity index (χ1n) is 2.86. The lowest BCUT2D eigenvalue weighted by Crippen LogP contribution is -2.26. The van der Waals surface area contributed by atoms with E-state index in [4.69, 9.17) is 7.85 Å². The van der Waals surface area contributed by atoms with Crippen molar-refractivity contribution in [3.05, 3.63) is 0 Å². The molecule has 1 saturated heterocycles. The zero-order valence-electron chi connectivity index (χ0n) is 4.48. The minimum atomic E-state index is 0.425. The highest BCUT2D eigenvalue weighted by atomic mass is 14.9. The van der Waals surface area contributed by atoms with Gasteiger partial charge in [-0.1, -0.05) is 12.2 Å². The van der Waals surface area contributed by atoms with Crippen LogP contribution in [0, 0.1) is 0 Å². The van der Waals surface area contributed by atoms with Crippen molar-refractivity contribution in [2.24, 2.45) is 0 Å². The van der Waals surface area contributed by atoms with Crippen LogP contribution in [0.15, 0.2) is 0 Å². The maximum Gasteiger partial charge on any atom is 0.0716 e. The van der Waals surface area contributed by atoms with Crippen LogP contribution >= 0.6 is 0 Å². The van der Waals surface area contributed by atoms with Gasteiger partial charge >= 0.3 is 0 Å². The molecule has 38 valence electrons. The Kier molecular flexibility index (Phi) is 1.74. The third-order valence-corrected chi connectivity index (χ3v) is 1.33. The predicted molar refractivity (Wildman–Crippen MR) is 31.6 cm³/mol. The van der Waals surface area contributed by atoms with Gasteiger partial charge in [-0.3, -0.25) is 0 Å². The van der Waals surface area contributed by atoms with Crippen molar-refractivity contribution in [2.75, 3.05) is 13.1 Å². The fourth-order valence-corrected chi connectivity index (χ4v) is 0.879. The first kappa shape index (κ1) is 5.17. The molecule has 0 saturated carbocycles. The van der Waals surface area contributed by atoms with E-state index in [1.807, 2.05) is 0 Å². The average molecular weight is 95.0 g/mol. The molecule has 1 aliphatic rings. The molecule has 1 N–H and O–H groups in total. The van der Waals surface area contributed by atoms with E-state index in [0.29, 0.717) is 5.82 Å². The van der Waals surface area contributed by atoms with Gasteiger partial charge in [-0.2, -0.15) is 0 Å². The summed E-state index contributed by atoms with van der Waals surface area (Å²) in [6.45, 7) is 2.17. The number of hydrogen-bond donors (Lipinski definition) is 1. The molecule has 0 spiro atoms. The topological polar surface area (TPSA) is 12.0 Å². The van der Waals surface area contributed by atoms with Crippen LogP contribution in [0.1, 0.15) is 12.8 Å². The molecule has 1 fully saturated rings. The second-order valence-electron chi connectivity index (χ2n) is 2.11. The summed E-state index contributed by atoms with van der Waals surface area (Å²) in [6.07, 6.45) is 2.45. The van der Waals surface area contributed by atoms with Gasteiger partial charge in [-0.05, 0) is 19.5 Å². The molecule has 1 aliphatic heterocycles. The molecule has 0 unspecified atom stereocenters. The first-order chi connectivity index (χ1) is 3.39. The van der Waals surface area contributed by atoms with Crippen LogP contribution in [0.2, 0.25) is 5.82 Å². The van der Waals surface area contributed by atoms with Gasteiger partial charge in [0.2, 0.25) is 0 Å². The molecule has 0 aliphatic carbocycles. The van der Waals surface area contributed by atoms with E-state index in [1.165, 1.54) is 12.8 Å². The van der Waals surface area contributed by atoms with Crippen molar-refractivity contribution < 1.29 is 0 Å². The fourth-order valence-electron chi connectivity index (χ4n) is 0.879. The smallest absolute Gasteiger partial charge is 0.0716 e. The molecule has 1 atom stereocenters. The highest BCUT2D eigenvalue weighted by Gasteiger charge is 2.04. The van der Waals surface area contributed by atoms with Gasteiger partial charge in [0.1, 0.15) is 0 Å². The van der Waals surface area contributed by atoms with Crippen molar-refractivity contribution in [3.8, 4) is 0 Å². The summed E-state index contributed by atoms with van der Waals surface area (Å²) >= 11 is 0. The van der Waals surface area contributed by atoms with Crippen molar-refractivity contribution in [1.29, 1.82) is 0 Å². The van der Waals surface area contributed by atoms with Crippen LogP contribution in [-0.4, -0.2) is 20.9 Å². The molecule has 1 rings (SSSR count). The zero-order chi connectivity index (χ0) is 5.11. The minimum absolute atomic E-state index is 0.425. The van der Waals surface area contributed by atoms with Crippen LogP contribution in [0.4, 0.5) is 0 Å². The molecular weight excluding hydrogens is 84.9 g/mol. The molecule has 0 aromatic carbocycles. The summed E-state index contributed by atoms with van der Waals surface area (Å²) in [6, 6.07) is 0. The summed E-state index contributed by atoms with van der Waals surface area (Å²) < 4.78 is 0. The van der Waals surface area contributed by atoms with Crippen molar-refractivity contribution in [2.45, 2.75) is 18.7 Å². The molecule has 0 bridgehead atoms. The van der Waals surface area contributed by atoms with Gasteiger partial charge in [0, 0.05) is 0 Å². The molecule has 0 aromatic rings. The predicted octanol–water partition coefficient (Wildman–Crippen LogP) is 0.327. The molecule has 2 heteroatoms. The SMILES string of the molecule is [B][C@H]1CCCNC1. The van der Waals surface area contributed by atoms with Gasteiger partial charge in [0.05, 0.1) is 7.85 Å². The van der Waals surface area contributed by atoms with Crippen LogP contribution in [0.5, 0.6) is 0 Å². The molecule has 2 radical (unpaired) electrons. The lowest BCUT2D eigenvalue weighted by Gasteiger charge is -2.17. The van der Waals surface area contributed by atoms with Crippen molar-refractivity contribution in [1.82, 2.24) is 5.32 Å². The summed E-state index contributed by atoms with van der Waals surface area (Å²) in [4.78, 5) is 0. The van der Waals surface area contributed by atoms with E-state index >= 15 is 0 Å². The van der Waals surface area contributed by atoms with Crippen LogP contribution in [0.25, 0.3) is 0 Å². The first-order valence-corrected chi connectivity index (χ1v) is 2.86. The lowest BCUT2D eigenvalue weighted by molar-refractivity contribution is 0.520. The van der Waals surface area contributed by atoms with Gasteiger partial charge in [0.15, 0.2) is 0 Å². The van der Waals surface area contributed by atoms with Gasteiger partial charge < -0.3 is 5.32 Å². The van der Waals surface area contributed by atoms with Gasteiger partial charge in [0.25, 0.3) is 0 Å². The van der Waals surface area contributed by atoms with E-state index in [2.05, 4.69) is 5.32 Å². The summed E-state index contributed by atoms with van der Waals surface area (Å²) in [7, 11) is 5.57. The Morgan fingerprint density at radius 1 is 1.57 bits per heavy atom. The second-order valence-corrected chi connectivity index (χ2v) is 2.11. The molecule has 1 heterocycles. The van der Waals surface area contributed by atoms with E-state index in [-0.39, 0.29) is 0 Å². The summed E-state index contributed by atoms with van der Waals surface area (Å²) in [5, 5.41) is 3.21. The molecule has 7 heavy (non-hydrogen) atoms. The Bertz CT molecular complexity index is 50.0. The van der Waals surface area contributed by atoms with Gasteiger partial charge in [-0.15, -0.1) is 0 Å². The third-order valence-electron chi connectivity index (χ3n) is 1.33. The highest BCUT2D eigenvalue weighted by molar-refractivity contribution is 6.11. The van der Waals surface area contributed by atoms with Gasteiger partial charge in [-0.25, -0.2) is 0 Å². The Morgan fingerprint density at radius 2 is 2.43 bits per heavy atom. The van der Waals surface area contributed by atoms with E-state index in [0.717, 1.165) is 13.1 Å². The third kappa shape index (κ3) is 1.52. The highest BCUT2D eigenvalue weighted by Crippen LogP contribution is 2.09. The Hall–Kier alpha value is 0.0249. The number of piperidine rings is 1. The van der Waals surface area contributed by atoms with Crippen molar-refractivity contribution >= 4 is 7.85 Å². The number of rotatable bonds is 0. The molecule has 1 nitrogen and oxygen atoms in total. The van der Waals surface area contributed by atoms with Crippen LogP contribution < -0.4 is 5.32 Å². The molecular formula is C5H10BN. The quantitative estimate of drug-likeness (QED) is 0.427. The molecule has 0 aromatic heterocycles. The number of nitrogens with one attached hydrogen (secondary N) is 1. The Balaban J connectivity index is 2.12. The van der Waals surface area contributed by atoms with E-state index in [1.54, 1.807) is 0 Å². The van der Waals surface area contributed by atoms with E-state index in [9.17, 15) is 0 Å². The van der Waals surface area contributed by atoms with Crippen LogP contribution in [-0.2, 0) is 0 Å². The summed E-state index contributed by atoms with van der Waals surface area (Å²) in [5.74, 6) is 0.425. The number of hydrogen-bond acceptors (Lipinski definition) is 1. The minimum Gasteiger partial charge on any atom is -0.317 e. The monoisotopic (exact) mass is 95.1 g/mol. The fraction of sp³-hybridized carbons (Fsp3) is 1.00. The Labute approximate surface area is 45.9 Å². The van der Waals surface area contributed by atoms with Crippen LogP contribution in [0.3, 0.4) is 0 Å². The average Bonchev–Trinajstić information content (AvgIpc) is 1.69. The van der Waals surface area contributed by atoms with E-state index < -0.39 is 0 Å². The lowest BCUT2D eigenvalue weighted by atomic mass is 9.82. The van der Waals surface area contributed by atoms with Crippen molar-refractivity contribution in [3.63, 3.8) is 0 Å². The second kappa shape index (κ2) is 2.36. The normalized spacial score (nSPS) is 32.9.